The van der Waals surface area contributed by atoms with Gasteiger partial charge in [-0.15, -0.1) is 0 Å². The summed E-state index contributed by atoms with van der Waals surface area (Å²) in [5, 5.41) is 40.1. The molecule has 13 heteroatoms. The molecule has 29 heavy (non-hydrogen) atoms. The molecule has 12 nitrogen and oxygen atoms in total. The largest absolute Gasteiger partial charge is 2.00 e. The van der Waals surface area contributed by atoms with Gasteiger partial charge in [-0.05, 0) is 0 Å². The maximum Gasteiger partial charge on any atom is 2.00 e. The van der Waals surface area contributed by atoms with Gasteiger partial charge in [0.2, 0.25) is 0 Å². The zero-order valence-corrected chi connectivity index (χ0v) is 17.2. The van der Waals surface area contributed by atoms with E-state index in [4.69, 9.17) is 10.2 Å². The smallest absolute Gasteiger partial charge is 0.549 e. The third-order valence-corrected chi connectivity index (χ3v) is 4.35. The first-order valence-corrected chi connectivity index (χ1v) is 8.88. The van der Waals surface area contributed by atoms with E-state index in [0.29, 0.717) is 0 Å². The minimum absolute atomic E-state index is 0. The van der Waals surface area contributed by atoms with Crippen molar-refractivity contribution in [3.63, 3.8) is 0 Å². The Morgan fingerprint density at radius 2 is 0.759 bits per heavy atom. The van der Waals surface area contributed by atoms with Crippen LogP contribution >= 0.6 is 0 Å². The Bertz CT molecular complexity index is 453. The van der Waals surface area contributed by atoms with Crippen LogP contribution in [0, 0.1) is 0 Å². The summed E-state index contributed by atoms with van der Waals surface area (Å²) in [5.41, 5.74) is 0. The van der Waals surface area contributed by atoms with E-state index in [1.165, 1.54) is 0 Å². The zero-order chi connectivity index (χ0) is 21.1. The molecule has 0 aromatic rings. The number of rotatable bonds is 8. The van der Waals surface area contributed by atoms with Crippen molar-refractivity contribution >= 4 is 23.9 Å². The van der Waals surface area contributed by atoms with Crippen molar-refractivity contribution in [1.82, 2.24) is 19.6 Å². The molecule has 0 aromatic carbocycles. The fourth-order valence-corrected chi connectivity index (χ4v) is 2.96. The van der Waals surface area contributed by atoms with E-state index in [0.717, 1.165) is 0 Å². The number of hydrogen-bond acceptors (Lipinski definition) is 10. The maximum atomic E-state index is 11.1. The number of aliphatic carboxylic acids is 4. The summed E-state index contributed by atoms with van der Waals surface area (Å²) in [5.74, 6) is -4.64. The molecule has 0 atom stereocenters. The predicted octanol–water partition coefficient (Wildman–Crippen LogP) is -5.13. The van der Waals surface area contributed by atoms with Crippen molar-refractivity contribution in [3.05, 3.63) is 0 Å². The van der Waals surface area contributed by atoms with Crippen LogP contribution in [0.1, 0.15) is 0 Å². The van der Waals surface area contributed by atoms with Crippen molar-refractivity contribution in [3.8, 4) is 0 Å². The fourth-order valence-electron chi connectivity index (χ4n) is 2.96. The second-order valence-corrected chi connectivity index (χ2v) is 6.64. The zero-order valence-electron chi connectivity index (χ0n) is 16.0. The van der Waals surface area contributed by atoms with E-state index < -0.39 is 23.9 Å². The second-order valence-electron chi connectivity index (χ2n) is 6.64. The maximum absolute atomic E-state index is 11.1. The molecule has 1 rings (SSSR count). The molecule has 0 unspecified atom stereocenters. The molecule has 1 radical (unpaired) electrons. The number of hydrogen-bond donors (Lipinski definition) is 2. The van der Waals surface area contributed by atoms with Crippen LogP contribution in [0.5, 0.6) is 0 Å². The van der Waals surface area contributed by atoms with Gasteiger partial charge in [-0.2, -0.15) is 0 Å². The van der Waals surface area contributed by atoms with E-state index in [9.17, 15) is 29.4 Å². The van der Waals surface area contributed by atoms with E-state index in [1.807, 2.05) is 0 Å². The first kappa shape index (κ1) is 27.2. The molecule has 1 heterocycles. The van der Waals surface area contributed by atoms with Gasteiger partial charge in [0.1, 0.15) is 0 Å². The summed E-state index contributed by atoms with van der Waals surface area (Å²) in [4.78, 5) is 50.4. The van der Waals surface area contributed by atoms with Crippen LogP contribution < -0.4 is 10.2 Å². The number of carboxylic acids is 4. The molecule has 0 aromatic heterocycles. The van der Waals surface area contributed by atoms with Crippen LogP contribution in [0.3, 0.4) is 0 Å². The first-order valence-electron chi connectivity index (χ1n) is 8.88. The third kappa shape index (κ3) is 13.2. The van der Waals surface area contributed by atoms with Crippen molar-refractivity contribution < 1.29 is 56.7 Å². The van der Waals surface area contributed by atoms with Gasteiger partial charge in [-0.1, -0.05) is 0 Å². The quantitative estimate of drug-likeness (QED) is 0.333. The monoisotopic (exact) mass is 457 g/mol. The van der Waals surface area contributed by atoms with Crippen LogP contribution in [-0.4, -0.2) is 132 Å². The fraction of sp³-hybridized carbons (Fsp3) is 0.750. The summed E-state index contributed by atoms with van der Waals surface area (Å²) in [6.07, 6.45) is 0. The summed E-state index contributed by atoms with van der Waals surface area (Å²) >= 11 is 0. The van der Waals surface area contributed by atoms with E-state index in [1.54, 1.807) is 19.6 Å². The molecule has 0 amide bonds. The molecule has 0 aliphatic carbocycles. The average molecular weight is 457 g/mol. The molecule has 1 saturated heterocycles. The van der Waals surface area contributed by atoms with Crippen molar-refractivity contribution in [2.75, 3.05) is 78.5 Å². The number of carbonyl (C=O) groups is 4. The van der Waals surface area contributed by atoms with Gasteiger partial charge in [0.25, 0.3) is 0 Å². The summed E-state index contributed by atoms with van der Waals surface area (Å²) in [6, 6.07) is 0. The second kappa shape index (κ2) is 14.3. The minimum Gasteiger partial charge on any atom is -0.549 e. The Hall–Kier alpha value is -1.76. The summed E-state index contributed by atoms with van der Waals surface area (Å²) in [7, 11) is 0. The van der Waals surface area contributed by atoms with Crippen LogP contribution in [-0.2, 0) is 36.2 Å². The summed E-state index contributed by atoms with van der Waals surface area (Å²) < 4.78 is 0. The van der Waals surface area contributed by atoms with Crippen molar-refractivity contribution in [2.45, 2.75) is 0 Å². The van der Waals surface area contributed by atoms with Crippen molar-refractivity contribution in [1.29, 1.82) is 0 Å². The topological polar surface area (TPSA) is 168 Å². The van der Waals surface area contributed by atoms with Gasteiger partial charge in [-0.3, -0.25) is 29.2 Å². The molecule has 2 N–H and O–H groups in total. The Morgan fingerprint density at radius 1 is 0.552 bits per heavy atom. The molecular weight excluding hydrogens is 431 g/mol. The van der Waals surface area contributed by atoms with Crippen molar-refractivity contribution in [2.24, 2.45) is 0 Å². The normalized spacial score (nSPS) is 18.8. The van der Waals surface area contributed by atoms with E-state index in [2.05, 4.69) is 0 Å². The number of carboxylic acid groups (broad SMARTS) is 4. The van der Waals surface area contributed by atoms with Crippen LogP contribution in [0.4, 0.5) is 0 Å². The molecule has 0 saturated carbocycles. The molecule has 1 aliphatic heterocycles. The Balaban J connectivity index is 0.00000784. The Kier molecular flexibility index (Phi) is 13.4. The van der Waals surface area contributed by atoms with Crippen LogP contribution in [0.2, 0.25) is 0 Å². The van der Waals surface area contributed by atoms with E-state index in [-0.39, 0.29) is 95.6 Å². The number of carbonyl (C=O) groups excluding carboxylic acids is 2. The average Bonchev–Trinajstić information content (AvgIpc) is 2.55. The van der Waals surface area contributed by atoms with Crippen LogP contribution in [0.25, 0.3) is 0 Å². The molecular formula is C16H26MnN4O8. The Labute approximate surface area is 179 Å². The van der Waals surface area contributed by atoms with Gasteiger partial charge >= 0.3 is 29.0 Å². The molecule has 0 bridgehead atoms. The summed E-state index contributed by atoms with van der Waals surface area (Å²) in [6.45, 7) is 0.839. The standard InChI is InChI=1S/C16H28N4O8.Mn/c21-13(22)9-17-1-2-18(10-14(23)24)5-6-20(12-16(27)28)8-7-19(4-3-17)11-15(25)26;/h1-12H2,(H,21,22)(H,23,24)(H,25,26)(H,27,28);/q;+2/p-2. The Morgan fingerprint density at radius 3 is 0.931 bits per heavy atom. The number of nitrogens with zero attached hydrogens (tertiary/aromatic N) is 4. The molecule has 1 fully saturated rings. The van der Waals surface area contributed by atoms with Gasteiger partial charge in [0.15, 0.2) is 0 Å². The SMILES string of the molecule is O=C([O-])CN1CCN(CC(=O)O)CCN(CC(=O)[O-])CCN(CC(=O)O)CC1.[Mn+2]. The predicted molar refractivity (Wildman–Crippen MR) is 91.0 cm³/mol. The van der Waals surface area contributed by atoms with Gasteiger partial charge in [0, 0.05) is 65.4 Å². The van der Waals surface area contributed by atoms with Gasteiger partial charge < -0.3 is 30.0 Å². The molecule has 1 aliphatic rings. The molecule has 0 spiro atoms. The third-order valence-electron chi connectivity index (χ3n) is 4.35. The first-order chi connectivity index (χ1) is 13.2. The van der Waals surface area contributed by atoms with Gasteiger partial charge in [-0.25, -0.2) is 0 Å². The minimum atomic E-state index is -1.28. The van der Waals surface area contributed by atoms with Gasteiger partial charge in [0.05, 0.1) is 25.0 Å². The molecule has 165 valence electrons. The van der Waals surface area contributed by atoms with Crippen LogP contribution in [0.15, 0.2) is 0 Å². The van der Waals surface area contributed by atoms with E-state index >= 15 is 0 Å².